The van der Waals surface area contributed by atoms with Gasteiger partial charge in [0.05, 0.1) is 12.7 Å². The lowest BCUT2D eigenvalue weighted by Crippen LogP contribution is -2.60. The summed E-state index contributed by atoms with van der Waals surface area (Å²) in [7, 11) is 0. The second kappa shape index (κ2) is 7.01. The molecule has 2 fully saturated rings. The van der Waals surface area contributed by atoms with Crippen LogP contribution in [0, 0.1) is 0 Å². The molecule has 2 heterocycles. The van der Waals surface area contributed by atoms with Crippen LogP contribution in [0.4, 0.5) is 0 Å². The quantitative estimate of drug-likeness (QED) is 0.269. The van der Waals surface area contributed by atoms with Crippen LogP contribution in [0.1, 0.15) is 6.92 Å². The van der Waals surface area contributed by atoms with Crippen molar-refractivity contribution in [1.29, 1.82) is 0 Å². The maximum Gasteiger partial charge on any atom is 0.186 e. The Labute approximate surface area is 126 Å². The summed E-state index contributed by atoms with van der Waals surface area (Å²) in [5, 5.41) is 67.0. The third-order valence-electron chi connectivity index (χ3n) is 3.92. The van der Waals surface area contributed by atoms with Crippen molar-refractivity contribution < 1.29 is 50.0 Å². The topological polar surface area (TPSA) is 169 Å². The van der Waals surface area contributed by atoms with Crippen LogP contribution >= 0.6 is 0 Å². The largest absolute Gasteiger partial charge is 0.388 e. The van der Waals surface area contributed by atoms with Gasteiger partial charge in [0, 0.05) is 0 Å². The second-order valence-electron chi connectivity index (χ2n) is 5.55. The second-order valence-corrected chi connectivity index (χ2v) is 5.55. The van der Waals surface area contributed by atoms with Crippen molar-refractivity contribution >= 4 is 0 Å². The summed E-state index contributed by atoms with van der Waals surface area (Å²) >= 11 is 0. The van der Waals surface area contributed by atoms with E-state index in [2.05, 4.69) is 0 Å². The monoisotopic (exact) mass is 326 g/mol. The molecule has 0 amide bonds. The van der Waals surface area contributed by atoms with Crippen LogP contribution in [-0.2, 0) is 14.2 Å². The molecular formula is C12H22O10. The fourth-order valence-corrected chi connectivity index (χ4v) is 2.41. The van der Waals surface area contributed by atoms with Crippen LogP contribution in [0.15, 0.2) is 0 Å². The number of aliphatic hydroxyl groups is 7. The van der Waals surface area contributed by atoms with Gasteiger partial charge >= 0.3 is 0 Å². The van der Waals surface area contributed by atoms with Crippen LogP contribution < -0.4 is 0 Å². The highest BCUT2D eigenvalue weighted by Crippen LogP contribution is 2.24. The standard InChI is InChI=1S/C12H22O10/c1-3-5(13)7(15)10(18)12(21-3)20-2-4-6(14)8(16)9(17)11(19)22-4/h3-19H,2H2,1H3/t3-,4+,5-,6-,7+,8-,9+,10+,11?,12+/m0/s1. The molecule has 0 bridgehead atoms. The summed E-state index contributed by atoms with van der Waals surface area (Å²) in [5.41, 5.74) is 0. The van der Waals surface area contributed by atoms with Crippen LogP contribution in [0.3, 0.4) is 0 Å². The van der Waals surface area contributed by atoms with Gasteiger partial charge < -0.3 is 50.0 Å². The van der Waals surface area contributed by atoms with E-state index in [0.29, 0.717) is 0 Å². The first-order valence-corrected chi connectivity index (χ1v) is 6.93. The smallest absolute Gasteiger partial charge is 0.186 e. The highest BCUT2D eigenvalue weighted by molar-refractivity contribution is 4.90. The Balaban J connectivity index is 1.92. The first kappa shape index (κ1) is 17.9. The molecule has 0 aromatic heterocycles. The Morgan fingerprint density at radius 1 is 0.727 bits per heavy atom. The van der Waals surface area contributed by atoms with E-state index in [1.807, 2.05) is 0 Å². The lowest BCUT2D eigenvalue weighted by Gasteiger charge is -2.41. The predicted octanol–water partition coefficient (Wildman–Crippen LogP) is -4.37. The molecule has 10 atom stereocenters. The van der Waals surface area contributed by atoms with Crippen molar-refractivity contribution in [2.75, 3.05) is 6.61 Å². The minimum atomic E-state index is -1.70. The Morgan fingerprint density at radius 2 is 1.32 bits per heavy atom. The Morgan fingerprint density at radius 3 is 1.95 bits per heavy atom. The van der Waals surface area contributed by atoms with Crippen molar-refractivity contribution in [3.63, 3.8) is 0 Å². The van der Waals surface area contributed by atoms with Gasteiger partial charge in [-0.3, -0.25) is 0 Å². The zero-order valence-electron chi connectivity index (χ0n) is 11.8. The molecule has 130 valence electrons. The number of hydrogen-bond donors (Lipinski definition) is 7. The minimum Gasteiger partial charge on any atom is -0.388 e. The summed E-state index contributed by atoms with van der Waals surface area (Å²) in [4.78, 5) is 0. The molecule has 2 aliphatic heterocycles. The van der Waals surface area contributed by atoms with Gasteiger partial charge in [0.1, 0.15) is 42.7 Å². The normalized spacial score (nSPS) is 53.5. The van der Waals surface area contributed by atoms with Gasteiger partial charge in [-0.2, -0.15) is 0 Å². The Kier molecular flexibility index (Phi) is 5.72. The molecule has 0 aromatic rings. The van der Waals surface area contributed by atoms with Crippen LogP contribution in [0.25, 0.3) is 0 Å². The third-order valence-corrected chi connectivity index (χ3v) is 3.92. The fraction of sp³-hybridized carbons (Fsp3) is 1.00. The van der Waals surface area contributed by atoms with Gasteiger partial charge in [0.2, 0.25) is 0 Å². The first-order chi connectivity index (χ1) is 10.2. The van der Waals surface area contributed by atoms with E-state index in [9.17, 15) is 35.7 Å². The van der Waals surface area contributed by atoms with Crippen LogP contribution in [0.5, 0.6) is 0 Å². The van der Waals surface area contributed by atoms with E-state index in [1.54, 1.807) is 0 Å². The summed E-state index contributed by atoms with van der Waals surface area (Å²) < 4.78 is 15.3. The molecule has 2 aliphatic rings. The Hall–Kier alpha value is -0.400. The summed E-state index contributed by atoms with van der Waals surface area (Å²) in [6, 6.07) is 0. The Bertz CT molecular complexity index is 334. The maximum absolute atomic E-state index is 9.76. The van der Waals surface area contributed by atoms with E-state index in [4.69, 9.17) is 14.2 Å². The SMILES string of the molecule is C[C@@H]1O[C@@H](OC[C@H]2OC(O)[C@H](O)[C@@H](O)[C@H]2O)[C@H](O)[C@H](O)[C@H]1O. The summed E-state index contributed by atoms with van der Waals surface area (Å²) in [5.74, 6) is 0. The molecule has 2 saturated heterocycles. The van der Waals surface area contributed by atoms with Gasteiger partial charge in [-0.15, -0.1) is 0 Å². The van der Waals surface area contributed by atoms with Crippen molar-refractivity contribution in [3.8, 4) is 0 Å². The average molecular weight is 326 g/mol. The molecule has 0 radical (unpaired) electrons. The number of rotatable bonds is 3. The van der Waals surface area contributed by atoms with Crippen molar-refractivity contribution in [1.82, 2.24) is 0 Å². The van der Waals surface area contributed by atoms with Gasteiger partial charge in [-0.1, -0.05) is 0 Å². The number of aliphatic hydroxyl groups excluding tert-OH is 7. The van der Waals surface area contributed by atoms with Crippen molar-refractivity contribution in [2.24, 2.45) is 0 Å². The van der Waals surface area contributed by atoms with E-state index in [1.165, 1.54) is 6.92 Å². The summed E-state index contributed by atoms with van der Waals surface area (Å²) in [6.07, 6.45) is -14.0. The van der Waals surface area contributed by atoms with E-state index in [0.717, 1.165) is 0 Å². The lowest BCUT2D eigenvalue weighted by atomic mass is 9.99. The van der Waals surface area contributed by atoms with Crippen LogP contribution in [-0.4, -0.2) is 104 Å². The number of hydrogen-bond acceptors (Lipinski definition) is 10. The maximum atomic E-state index is 9.76. The van der Waals surface area contributed by atoms with Gasteiger partial charge in [-0.25, -0.2) is 0 Å². The van der Waals surface area contributed by atoms with E-state index >= 15 is 0 Å². The molecular weight excluding hydrogens is 304 g/mol. The average Bonchev–Trinajstić information content (AvgIpc) is 2.49. The summed E-state index contributed by atoms with van der Waals surface area (Å²) in [6.45, 7) is 1.09. The molecule has 22 heavy (non-hydrogen) atoms. The molecule has 10 nitrogen and oxygen atoms in total. The first-order valence-electron chi connectivity index (χ1n) is 6.93. The molecule has 7 N–H and O–H groups in total. The zero-order valence-corrected chi connectivity index (χ0v) is 11.8. The highest BCUT2D eigenvalue weighted by atomic mass is 16.7. The van der Waals surface area contributed by atoms with E-state index < -0.39 is 61.4 Å². The third kappa shape index (κ3) is 3.41. The number of ether oxygens (including phenoxy) is 3. The molecule has 0 aliphatic carbocycles. The van der Waals surface area contributed by atoms with Gasteiger partial charge in [0.25, 0.3) is 0 Å². The predicted molar refractivity (Wildman–Crippen MR) is 67.2 cm³/mol. The highest BCUT2D eigenvalue weighted by Gasteiger charge is 2.45. The van der Waals surface area contributed by atoms with Gasteiger partial charge in [0.15, 0.2) is 12.6 Å². The molecule has 0 aromatic carbocycles. The molecule has 0 saturated carbocycles. The van der Waals surface area contributed by atoms with Crippen LogP contribution in [0.2, 0.25) is 0 Å². The lowest BCUT2D eigenvalue weighted by molar-refractivity contribution is -0.322. The molecule has 0 spiro atoms. The van der Waals surface area contributed by atoms with Crippen molar-refractivity contribution in [3.05, 3.63) is 0 Å². The fourth-order valence-electron chi connectivity index (χ4n) is 2.41. The zero-order chi connectivity index (χ0) is 16.6. The van der Waals surface area contributed by atoms with E-state index in [-0.39, 0.29) is 6.61 Å². The molecule has 2 rings (SSSR count). The molecule has 1 unspecified atom stereocenters. The van der Waals surface area contributed by atoms with Crippen molar-refractivity contribution in [2.45, 2.75) is 68.3 Å². The minimum absolute atomic E-state index is 0.390. The van der Waals surface area contributed by atoms with Gasteiger partial charge in [-0.05, 0) is 6.92 Å². The molecule has 10 heteroatoms.